The van der Waals surface area contributed by atoms with Crippen LogP contribution in [-0.2, 0) is 19.1 Å². The smallest absolute Gasteiger partial charge is 0.329 e. The van der Waals surface area contributed by atoms with Crippen LogP contribution in [0.15, 0.2) is 42.2 Å². The Hall–Kier alpha value is -2.69. The molecule has 20 heavy (non-hydrogen) atoms. The fourth-order valence-corrected chi connectivity index (χ4v) is 1.81. The van der Waals surface area contributed by atoms with Crippen molar-refractivity contribution in [2.75, 3.05) is 0 Å². The van der Waals surface area contributed by atoms with Gasteiger partial charge in [0.25, 0.3) is 0 Å². The number of ether oxygens (including phenoxy) is 1. The lowest BCUT2D eigenvalue weighted by Crippen LogP contribution is -2.34. The second kappa shape index (κ2) is 5.52. The molecule has 0 spiro atoms. The normalized spacial score (nSPS) is 18.9. The molecule has 1 aliphatic rings. The predicted molar refractivity (Wildman–Crippen MR) is 70.5 cm³/mol. The van der Waals surface area contributed by atoms with Gasteiger partial charge < -0.3 is 9.84 Å². The summed E-state index contributed by atoms with van der Waals surface area (Å²) in [5.74, 6) is -3.28. The minimum absolute atomic E-state index is 0.0614. The molecule has 1 aromatic carbocycles. The number of cyclic esters (lactones) is 1. The third kappa shape index (κ3) is 3.00. The maximum atomic E-state index is 11.9. The number of carbonyl (C=O) groups excluding carboxylic acids is 3. The molecule has 0 amide bonds. The Morgan fingerprint density at radius 3 is 2.75 bits per heavy atom. The number of phenolic OH excluding ortho intramolecular Hbond substituents is 1. The Morgan fingerprint density at radius 1 is 1.35 bits per heavy atom. The highest BCUT2D eigenvalue weighted by atomic mass is 16.5. The Kier molecular flexibility index (Phi) is 3.79. The monoisotopic (exact) mass is 272 g/mol. The molecular weight excluding hydrogens is 260 g/mol. The second-order valence-corrected chi connectivity index (χ2v) is 4.34. The van der Waals surface area contributed by atoms with Crippen LogP contribution in [0.2, 0.25) is 0 Å². The number of esters is 1. The fraction of sp³-hybridized carbons (Fsp3) is 0.133. The molecule has 5 nitrogen and oxygen atoms in total. The first-order valence-electron chi connectivity index (χ1n) is 5.92. The predicted octanol–water partition coefficient (Wildman–Crippen LogP) is 1.62. The molecule has 0 radical (unpaired) electrons. The molecule has 102 valence electrons. The summed E-state index contributed by atoms with van der Waals surface area (Å²) in [6, 6.07) is 6.24. The highest BCUT2D eigenvalue weighted by Crippen LogP contribution is 2.17. The van der Waals surface area contributed by atoms with Gasteiger partial charge >= 0.3 is 5.97 Å². The third-order valence-corrected chi connectivity index (χ3v) is 2.72. The summed E-state index contributed by atoms with van der Waals surface area (Å²) in [6.07, 6.45) is 3.69. The molecule has 2 rings (SSSR count). The Bertz CT molecular complexity index is 639. The lowest BCUT2D eigenvalue weighted by atomic mass is 9.96. The van der Waals surface area contributed by atoms with Gasteiger partial charge in [0.05, 0.1) is 0 Å². The van der Waals surface area contributed by atoms with Gasteiger partial charge in [-0.3, -0.25) is 14.4 Å². The summed E-state index contributed by atoms with van der Waals surface area (Å²) in [6.45, 7) is 1.47. The average molecular weight is 272 g/mol. The van der Waals surface area contributed by atoms with Crippen molar-refractivity contribution in [2.45, 2.75) is 6.92 Å². The van der Waals surface area contributed by atoms with Crippen LogP contribution in [-0.4, -0.2) is 22.6 Å². The van der Waals surface area contributed by atoms with E-state index in [-0.39, 0.29) is 11.5 Å². The Balaban J connectivity index is 2.16. The molecule has 0 aromatic heterocycles. The molecule has 1 heterocycles. The fourth-order valence-electron chi connectivity index (χ4n) is 1.81. The van der Waals surface area contributed by atoms with Crippen molar-refractivity contribution in [3.05, 3.63) is 47.7 Å². The van der Waals surface area contributed by atoms with E-state index in [1.807, 2.05) is 0 Å². The maximum absolute atomic E-state index is 11.9. The van der Waals surface area contributed by atoms with Crippen molar-refractivity contribution in [1.82, 2.24) is 0 Å². The van der Waals surface area contributed by atoms with E-state index in [1.165, 1.54) is 25.1 Å². The van der Waals surface area contributed by atoms with Crippen molar-refractivity contribution in [1.29, 1.82) is 0 Å². The molecule has 0 bridgehead atoms. The summed E-state index contributed by atoms with van der Waals surface area (Å²) in [5.41, 5.74) is 0.585. The molecule has 1 N–H and O–H groups in total. The first kappa shape index (κ1) is 13.7. The highest BCUT2D eigenvalue weighted by Gasteiger charge is 2.36. The molecule has 1 atom stereocenters. The minimum atomic E-state index is -1.44. The van der Waals surface area contributed by atoms with E-state index < -0.39 is 23.5 Å². The summed E-state index contributed by atoms with van der Waals surface area (Å²) in [4.78, 5) is 35.1. The van der Waals surface area contributed by atoms with E-state index in [1.54, 1.807) is 12.1 Å². The molecule has 1 aromatic rings. The van der Waals surface area contributed by atoms with Gasteiger partial charge in [0.1, 0.15) is 11.5 Å². The van der Waals surface area contributed by atoms with Crippen LogP contribution in [0.3, 0.4) is 0 Å². The van der Waals surface area contributed by atoms with Crippen molar-refractivity contribution in [2.24, 2.45) is 5.92 Å². The maximum Gasteiger partial charge on any atom is 0.329 e. The number of rotatable bonds is 3. The molecule has 0 fully saturated rings. The summed E-state index contributed by atoms with van der Waals surface area (Å²) >= 11 is 0. The van der Waals surface area contributed by atoms with Crippen molar-refractivity contribution in [3.8, 4) is 5.75 Å². The number of benzene rings is 1. The van der Waals surface area contributed by atoms with Gasteiger partial charge in [-0.25, -0.2) is 0 Å². The van der Waals surface area contributed by atoms with Gasteiger partial charge in [0.2, 0.25) is 0 Å². The van der Waals surface area contributed by atoms with Gasteiger partial charge in [-0.1, -0.05) is 18.2 Å². The van der Waals surface area contributed by atoms with E-state index in [0.717, 1.165) is 12.2 Å². The molecule has 5 heteroatoms. The quantitative estimate of drug-likeness (QED) is 0.513. The second-order valence-electron chi connectivity index (χ2n) is 4.34. The number of carbonyl (C=O) groups is 3. The Labute approximate surface area is 115 Å². The molecule has 0 aliphatic carbocycles. The van der Waals surface area contributed by atoms with E-state index in [2.05, 4.69) is 0 Å². The number of allylic oxidation sites excluding steroid dienone is 3. The van der Waals surface area contributed by atoms with E-state index >= 15 is 0 Å². The number of phenols is 1. The van der Waals surface area contributed by atoms with E-state index in [9.17, 15) is 19.5 Å². The zero-order valence-corrected chi connectivity index (χ0v) is 10.7. The van der Waals surface area contributed by atoms with Crippen molar-refractivity contribution >= 4 is 23.6 Å². The summed E-state index contributed by atoms with van der Waals surface area (Å²) < 4.78 is 4.77. The molecule has 1 aliphatic heterocycles. The highest BCUT2D eigenvalue weighted by molar-refractivity contribution is 6.25. The number of aromatic hydroxyl groups is 1. The van der Waals surface area contributed by atoms with Crippen LogP contribution in [0.1, 0.15) is 12.5 Å². The first-order chi connectivity index (χ1) is 9.47. The topological polar surface area (TPSA) is 80.7 Å². The lowest BCUT2D eigenvalue weighted by Gasteiger charge is -2.15. The van der Waals surface area contributed by atoms with Gasteiger partial charge in [-0.05, 0) is 30.7 Å². The van der Waals surface area contributed by atoms with E-state index in [0.29, 0.717) is 5.56 Å². The van der Waals surface area contributed by atoms with Crippen molar-refractivity contribution in [3.63, 3.8) is 0 Å². The van der Waals surface area contributed by atoms with Gasteiger partial charge in [-0.15, -0.1) is 0 Å². The average Bonchev–Trinajstić information content (AvgIpc) is 2.35. The molecular formula is C15H12O5. The SMILES string of the molecule is CC1=CC(=O)C(C(=O)/C=C/c2cccc(O)c2)C(=O)O1. The van der Waals surface area contributed by atoms with Crippen LogP contribution in [0.4, 0.5) is 0 Å². The van der Waals surface area contributed by atoms with Gasteiger partial charge in [0, 0.05) is 6.08 Å². The van der Waals surface area contributed by atoms with Crippen LogP contribution in [0.5, 0.6) is 5.75 Å². The Morgan fingerprint density at radius 2 is 2.10 bits per heavy atom. The number of ketones is 2. The zero-order valence-electron chi connectivity index (χ0n) is 10.7. The lowest BCUT2D eigenvalue weighted by molar-refractivity contribution is -0.151. The van der Waals surface area contributed by atoms with Crippen LogP contribution in [0.25, 0.3) is 6.08 Å². The summed E-state index contributed by atoms with van der Waals surface area (Å²) in [5, 5.41) is 9.29. The number of hydrogen-bond acceptors (Lipinski definition) is 5. The van der Waals surface area contributed by atoms with Gasteiger partial charge in [0.15, 0.2) is 17.5 Å². The first-order valence-corrected chi connectivity index (χ1v) is 5.92. The minimum Gasteiger partial charge on any atom is -0.508 e. The van der Waals surface area contributed by atoms with Crippen LogP contribution < -0.4 is 0 Å². The molecule has 0 saturated heterocycles. The zero-order chi connectivity index (χ0) is 14.7. The van der Waals surface area contributed by atoms with E-state index in [4.69, 9.17) is 4.74 Å². The largest absolute Gasteiger partial charge is 0.508 e. The van der Waals surface area contributed by atoms with Crippen molar-refractivity contribution < 1.29 is 24.2 Å². The van der Waals surface area contributed by atoms with Crippen LogP contribution >= 0.6 is 0 Å². The molecule has 1 unspecified atom stereocenters. The van der Waals surface area contributed by atoms with Gasteiger partial charge in [-0.2, -0.15) is 0 Å². The molecule has 0 saturated carbocycles. The standard InChI is InChI=1S/C15H12O5/c1-9-7-13(18)14(15(19)20-9)12(17)6-5-10-3-2-4-11(16)8-10/h2-8,14,16H,1H3/b6-5+. The van der Waals surface area contributed by atoms with Crippen LogP contribution in [0, 0.1) is 5.92 Å². The third-order valence-electron chi connectivity index (χ3n) is 2.72. The number of hydrogen-bond donors (Lipinski definition) is 1. The summed E-state index contributed by atoms with van der Waals surface area (Å²) in [7, 11) is 0.